The van der Waals surface area contributed by atoms with E-state index in [2.05, 4.69) is 179 Å². The van der Waals surface area contributed by atoms with Gasteiger partial charge in [0.1, 0.15) is 11.2 Å². The molecule has 3 nitrogen and oxygen atoms in total. The minimum absolute atomic E-state index is 0.911. The Hall–Kier alpha value is -6.58. The number of anilines is 3. The first-order valence-electron chi connectivity index (χ1n) is 16.7. The Morgan fingerprint density at radius 3 is 1.84 bits per heavy atom. The fraction of sp³-hybridized carbons (Fsp3) is 0. The highest BCUT2D eigenvalue weighted by atomic mass is 16.3. The average Bonchev–Trinajstić information content (AvgIpc) is 3.70. The largest absolute Gasteiger partial charge is 0.456 e. The van der Waals surface area contributed by atoms with Crippen molar-refractivity contribution in [3.05, 3.63) is 182 Å². The summed E-state index contributed by atoms with van der Waals surface area (Å²) in [6, 6.07) is 65.1. The monoisotopic (exact) mass is 626 g/mol. The van der Waals surface area contributed by atoms with E-state index >= 15 is 0 Å². The topological polar surface area (TPSA) is 21.3 Å². The minimum atomic E-state index is 0.911. The van der Waals surface area contributed by atoms with E-state index in [0.717, 1.165) is 50.1 Å². The van der Waals surface area contributed by atoms with Gasteiger partial charge in [-0.15, -0.1) is 0 Å². The number of furan rings is 1. The molecule has 0 aliphatic heterocycles. The molecule has 0 aliphatic carbocycles. The molecule has 0 fully saturated rings. The van der Waals surface area contributed by atoms with E-state index < -0.39 is 0 Å². The molecule has 0 atom stereocenters. The van der Waals surface area contributed by atoms with Gasteiger partial charge >= 0.3 is 0 Å². The van der Waals surface area contributed by atoms with Crippen LogP contribution >= 0.6 is 0 Å². The first-order chi connectivity index (χ1) is 24.3. The Labute approximate surface area is 283 Å². The molecular formula is C46H30N2O. The summed E-state index contributed by atoms with van der Waals surface area (Å²) < 4.78 is 8.61. The van der Waals surface area contributed by atoms with E-state index in [-0.39, 0.29) is 0 Å². The van der Waals surface area contributed by atoms with Crippen molar-refractivity contribution in [3.8, 4) is 16.8 Å². The molecule has 0 radical (unpaired) electrons. The summed E-state index contributed by atoms with van der Waals surface area (Å²) in [5, 5.41) is 7.06. The van der Waals surface area contributed by atoms with Crippen molar-refractivity contribution >= 4 is 71.6 Å². The lowest BCUT2D eigenvalue weighted by molar-refractivity contribution is 0.669. The molecule has 10 aromatic rings. The van der Waals surface area contributed by atoms with Crippen molar-refractivity contribution in [3.63, 3.8) is 0 Å². The molecule has 8 aromatic carbocycles. The van der Waals surface area contributed by atoms with Gasteiger partial charge in [0, 0.05) is 44.3 Å². The summed E-state index contributed by atoms with van der Waals surface area (Å²) in [5.41, 5.74) is 11.0. The van der Waals surface area contributed by atoms with Gasteiger partial charge in [-0.3, -0.25) is 0 Å². The fourth-order valence-electron chi connectivity index (χ4n) is 7.43. The van der Waals surface area contributed by atoms with E-state index in [0.29, 0.717) is 0 Å². The number of rotatable bonds is 5. The minimum Gasteiger partial charge on any atom is -0.456 e. The van der Waals surface area contributed by atoms with Gasteiger partial charge < -0.3 is 13.9 Å². The van der Waals surface area contributed by atoms with Crippen molar-refractivity contribution in [1.29, 1.82) is 0 Å². The lowest BCUT2D eigenvalue weighted by Gasteiger charge is -2.26. The second-order valence-electron chi connectivity index (χ2n) is 12.6. The Morgan fingerprint density at radius 2 is 1.00 bits per heavy atom. The maximum atomic E-state index is 6.23. The molecule has 0 aliphatic rings. The highest BCUT2D eigenvalue weighted by molar-refractivity contribution is 6.12. The van der Waals surface area contributed by atoms with Crippen LogP contribution in [0, 0.1) is 0 Å². The first-order valence-corrected chi connectivity index (χ1v) is 16.7. The van der Waals surface area contributed by atoms with Gasteiger partial charge in [0.25, 0.3) is 0 Å². The predicted octanol–water partition coefficient (Wildman–Crippen LogP) is 13.0. The molecule has 0 N–H and O–H groups in total. The molecule has 3 heteroatoms. The molecule has 0 bridgehead atoms. The third-order valence-electron chi connectivity index (χ3n) is 9.74. The molecule has 0 spiro atoms. The number of nitrogens with zero attached hydrogens (tertiary/aromatic N) is 2. The molecule has 0 amide bonds. The number of fused-ring (bicyclic) bond motifs is 7. The quantitative estimate of drug-likeness (QED) is 0.190. The van der Waals surface area contributed by atoms with Crippen molar-refractivity contribution in [1.82, 2.24) is 4.57 Å². The molecule has 2 aromatic heterocycles. The lowest BCUT2D eigenvalue weighted by Crippen LogP contribution is -2.10. The van der Waals surface area contributed by atoms with E-state index in [4.69, 9.17) is 4.42 Å². The standard InChI is InChI=1S/C46H30N2O/c1-3-11-31(12-4-1)32-19-22-36(23-20-32)47(37-24-21-33-29-46-42(28-34(33)27-37)41-16-8-10-18-45(41)49-46)38-25-26-40-39-15-7-9-17-43(39)48(44(40)30-38)35-13-5-2-6-14-35/h1-30H. The van der Waals surface area contributed by atoms with Gasteiger partial charge in [-0.2, -0.15) is 0 Å². The Morgan fingerprint density at radius 1 is 0.367 bits per heavy atom. The number of hydrogen-bond donors (Lipinski definition) is 0. The van der Waals surface area contributed by atoms with Crippen molar-refractivity contribution < 1.29 is 4.42 Å². The number of benzene rings is 8. The molecule has 0 unspecified atom stereocenters. The van der Waals surface area contributed by atoms with Crippen LogP contribution < -0.4 is 4.90 Å². The summed E-state index contributed by atoms with van der Waals surface area (Å²) in [6.07, 6.45) is 0. The zero-order chi connectivity index (χ0) is 32.3. The Bertz CT molecular complexity index is 2810. The van der Waals surface area contributed by atoms with Crippen molar-refractivity contribution in [2.24, 2.45) is 0 Å². The van der Waals surface area contributed by atoms with Crippen molar-refractivity contribution in [2.45, 2.75) is 0 Å². The number of aromatic nitrogens is 1. The zero-order valence-corrected chi connectivity index (χ0v) is 26.6. The van der Waals surface area contributed by atoms with Crippen LogP contribution in [0.25, 0.3) is 71.3 Å². The lowest BCUT2D eigenvalue weighted by atomic mass is 10.0. The third-order valence-corrected chi connectivity index (χ3v) is 9.74. The van der Waals surface area contributed by atoms with Crippen LogP contribution in [0.2, 0.25) is 0 Å². The molecule has 0 saturated carbocycles. The predicted molar refractivity (Wildman–Crippen MR) is 206 cm³/mol. The fourth-order valence-corrected chi connectivity index (χ4v) is 7.43. The summed E-state index contributed by atoms with van der Waals surface area (Å²) in [5.74, 6) is 0. The van der Waals surface area contributed by atoms with E-state index in [1.54, 1.807) is 0 Å². The van der Waals surface area contributed by atoms with Crippen LogP contribution in [-0.2, 0) is 0 Å². The molecule has 49 heavy (non-hydrogen) atoms. The number of hydrogen-bond acceptors (Lipinski definition) is 2. The van der Waals surface area contributed by atoms with Gasteiger partial charge in [-0.1, -0.05) is 109 Å². The molecule has 2 heterocycles. The van der Waals surface area contributed by atoms with Gasteiger partial charge in [0.2, 0.25) is 0 Å². The van der Waals surface area contributed by atoms with Gasteiger partial charge in [0.05, 0.1) is 11.0 Å². The second kappa shape index (κ2) is 11.0. The number of para-hydroxylation sites is 3. The third kappa shape index (κ3) is 4.51. The highest BCUT2D eigenvalue weighted by Crippen LogP contribution is 2.42. The highest BCUT2D eigenvalue weighted by Gasteiger charge is 2.18. The van der Waals surface area contributed by atoms with Crippen LogP contribution in [0.5, 0.6) is 0 Å². The van der Waals surface area contributed by atoms with Crippen molar-refractivity contribution in [2.75, 3.05) is 4.90 Å². The Kier molecular flexibility index (Phi) is 6.18. The van der Waals surface area contributed by atoms with Crippen LogP contribution in [0.15, 0.2) is 186 Å². The van der Waals surface area contributed by atoms with Crippen LogP contribution in [0.4, 0.5) is 17.1 Å². The summed E-state index contributed by atoms with van der Waals surface area (Å²) in [7, 11) is 0. The van der Waals surface area contributed by atoms with Gasteiger partial charge in [0.15, 0.2) is 0 Å². The summed E-state index contributed by atoms with van der Waals surface area (Å²) >= 11 is 0. The molecule has 0 saturated heterocycles. The van der Waals surface area contributed by atoms with E-state index in [9.17, 15) is 0 Å². The maximum Gasteiger partial charge on any atom is 0.136 e. The SMILES string of the molecule is c1ccc(-c2ccc(N(c3ccc4cc5oc6ccccc6c5cc4c3)c3ccc4c5ccccc5n(-c5ccccc5)c4c3)cc2)cc1. The molecular weight excluding hydrogens is 597 g/mol. The zero-order valence-electron chi connectivity index (χ0n) is 26.6. The molecule has 230 valence electrons. The summed E-state index contributed by atoms with van der Waals surface area (Å²) in [6.45, 7) is 0. The Balaban J connectivity index is 1.20. The van der Waals surface area contributed by atoms with Gasteiger partial charge in [-0.05, 0) is 94.7 Å². The maximum absolute atomic E-state index is 6.23. The smallest absolute Gasteiger partial charge is 0.136 e. The van der Waals surface area contributed by atoms with E-state index in [1.165, 1.54) is 38.3 Å². The summed E-state index contributed by atoms with van der Waals surface area (Å²) in [4.78, 5) is 2.37. The van der Waals surface area contributed by atoms with Crippen LogP contribution in [0.3, 0.4) is 0 Å². The molecule has 10 rings (SSSR count). The second-order valence-corrected chi connectivity index (χ2v) is 12.6. The normalized spacial score (nSPS) is 11.7. The van der Waals surface area contributed by atoms with Gasteiger partial charge in [-0.25, -0.2) is 0 Å². The first kappa shape index (κ1) is 27.5. The van der Waals surface area contributed by atoms with E-state index in [1.807, 2.05) is 12.1 Å². The van der Waals surface area contributed by atoms with Crippen LogP contribution in [-0.4, -0.2) is 4.57 Å². The average molecular weight is 627 g/mol. The van der Waals surface area contributed by atoms with Crippen LogP contribution in [0.1, 0.15) is 0 Å².